The lowest BCUT2D eigenvalue weighted by Crippen LogP contribution is -2.14. The molecule has 0 N–H and O–H groups in total. The first kappa shape index (κ1) is 17.4. The average Bonchev–Trinajstić information content (AvgIpc) is 2.57. The van der Waals surface area contributed by atoms with Crippen molar-refractivity contribution in [3.63, 3.8) is 0 Å². The van der Waals surface area contributed by atoms with Gasteiger partial charge in [0.05, 0.1) is 19.1 Å². The van der Waals surface area contributed by atoms with E-state index in [9.17, 15) is 0 Å². The molecule has 0 bridgehead atoms. The highest BCUT2D eigenvalue weighted by atomic mass is 35.5. The molecule has 23 heavy (non-hydrogen) atoms. The summed E-state index contributed by atoms with van der Waals surface area (Å²) in [7, 11) is 3.68. The summed E-state index contributed by atoms with van der Waals surface area (Å²) < 4.78 is 5.43. The summed E-state index contributed by atoms with van der Waals surface area (Å²) in [4.78, 5) is 6.63. The predicted molar refractivity (Wildman–Crippen MR) is 98.4 cm³/mol. The van der Waals surface area contributed by atoms with Crippen LogP contribution in [0.3, 0.4) is 0 Å². The van der Waals surface area contributed by atoms with Crippen LogP contribution in [0.1, 0.15) is 23.6 Å². The molecular formula is C19H23ClN2O. The molecule has 0 aliphatic carbocycles. The van der Waals surface area contributed by atoms with E-state index in [1.165, 1.54) is 5.56 Å². The lowest BCUT2D eigenvalue weighted by molar-refractivity contribution is 0.414. The van der Waals surface area contributed by atoms with Gasteiger partial charge in [0.2, 0.25) is 0 Å². The monoisotopic (exact) mass is 330 g/mol. The highest BCUT2D eigenvalue weighted by Gasteiger charge is 2.10. The van der Waals surface area contributed by atoms with Gasteiger partial charge in [0.25, 0.3) is 0 Å². The van der Waals surface area contributed by atoms with E-state index < -0.39 is 0 Å². The second-order valence-electron chi connectivity index (χ2n) is 5.52. The van der Waals surface area contributed by atoms with Crippen LogP contribution < -0.4 is 4.74 Å². The first-order chi connectivity index (χ1) is 11.0. The van der Waals surface area contributed by atoms with Gasteiger partial charge in [-0.1, -0.05) is 29.8 Å². The lowest BCUT2D eigenvalue weighted by Gasteiger charge is -2.14. The molecule has 0 heterocycles. The van der Waals surface area contributed by atoms with Gasteiger partial charge < -0.3 is 9.64 Å². The largest absolute Gasteiger partial charge is 0.497 e. The SMILES string of the molecule is CCN(C)C=Nc1cc(OC)cc(Cc2ccccc2Cl)c1C. The summed E-state index contributed by atoms with van der Waals surface area (Å²) in [6, 6.07) is 11.9. The molecule has 3 nitrogen and oxygen atoms in total. The van der Waals surface area contributed by atoms with Crippen molar-refractivity contribution < 1.29 is 4.74 Å². The minimum absolute atomic E-state index is 0.759. The summed E-state index contributed by atoms with van der Waals surface area (Å²) in [6.07, 6.45) is 2.61. The zero-order valence-electron chi connectivity index (χ0n) is 14.1. The third kappa shape index (κ3) is 4.49. The molecule has 0 saturated carbocycles. The van der Waals surface area contributed by atoms with Crippen molar-refractivity contribution in [1.29, 1.82) is 0 Å². The first-order valence-electron chi connectivity index (χ1n) is 7.70. The number of nitrogens with zero attached hydrogens (tertiary/aromatic N) is 2. The Morgan fingerprint density at radius 2 is 1.96 bits per heavy atom. The van der Waals surface area contributed by atoms with Crippen LogP contribution >= 0.6 is 11.6 Å². The standard InChI is InChI=1S/C19H23ClN2O/c1-5-22(3)13-21-19-12-17(23-4)11-16(14(19)2)10-15-8-6-7-9-18(15)20/h6-9,11-13H,5,10H2,1-4H3. The van der Waals surface area contributed by atoms with Crippen molar-refractivity contribution in [3.05, 3.63) is 58.1 Å². The van der Waals surface area contributed by atoms with Crippen molar-refractivity contribution in [3.8, 4) is 5.75 Å². The molecule has 0 aliphatic heterocycles. The van der Waals surface area contributed by atoms with Crippen molar-refractivity contribution in [1.82, 2.24) is 4.90 Å². The highest BCUT2D eigenvalue weighted by molar-refractivity contribution is 6.31. The van der Waals surface area contributed by atoms with Crippen molar-refractivity contribution in [2.75, 3.05) is 20.7 Å². The van der Waals surface area contributed by atoms with Gasteiger partial charge in [0, 0.05) is 24.7 Å². The molecule has 0 unspecified atom stereocenters. The summed E-state index contributed by atoms with van der Waals surface area (Å²) in [5, 5.41) is 0.783. The normalized spacial score (nSPS) is 11.0. The van der Waals surface area contributed by atoms with E-state index in [-0.39, 0.29) is 0 Å². The molecule has 4 heteroatoms. The summed E-state index contributed by atoms with van der Waals surface area (Å²) in [5.41, 5.74) is 4.34. The predicted octanol–water partition coefficient (Wildman–Crippen LogP) is 4.86. The Balaban J connectivity index is 2.39. The van der Waals surface area contributed by atoms with Crippen LogP contribution in [0, 0.1) is 6.92 Å². The lowest BCUT2D eigenvalue weighted by atomic mass is 9.99. The number of ether oxygens (including phenoxy) is 1. The molecular weight excluding hydrogens is 308 g/mol. The third-order valence-corrected chi connectivity index (χ3v) is 4.30. The number of hydrogen-bond acceptors (Lipinski definition) is 2. The van der Waals surface area contributed by atoms with Gasteiger partial charge in [-0.2, -0.15) is 0 Å². The fourth-order valence-electron chi connectivity index (χ4n) is 2.25. The zero-order valence-corrected chi connectivity index (χ0v) is 14.9. The van der Waals surface area contributed by atoms with Gasteiger partial charge in [0.15, 0.2) is 0 Å². The summed E-state index contributed by atoms with van der Waals surface area (Å²) in [5.74, 6) is 0.809. The molecule has 0 aromatic heterocycles. The Bertz CT molecular complexity index is 698. The molecule has 2 aromatic rings. The maximum Gasteiger partial charge on any atom is 0.121 e. The van der Waals surface area contributed by atoms with E-state index in [0.717, 1.165) is 40.6 Å². The molecule has 122 valence electrons. The fourth-order valence-corrected chi connectivity index (χ4v) is 2.46. The van der Waals surface area contributed by atoms with E-state index in [0.29, 0.717) is 0 Å². The van der Waals surface area contributed by atoms with Gasteiger partial charge in [-0.15, -0.1) is 0 Å². The number of aliphatic imine (C=N–C) groups is 1. The fraction of sp³-hybridized carbons (Fsp3) is 0.316. The zero-order chi connectivity index (χ0) is 16.8. The molecule has 0 fully saturated rings. The van der Waals surface area contributed by atoms with Crippen molar-refractivity contribution in [2.24, 2.45) is 4.99 Å². The van der Waals surface area contributed by atoms with Crippen LogP contribution in [0.4, 0.5) is 5.69 Å². The number of methoxy groups -OCH3 is 1. The number of rotatable bonds is 6. The van der Waals surface area contributed by atoms with Gasteiger partial charge in [-0.3, -0.25) is 0 Å². The van der Waals surface area contributed by atoms with E-state index in [2.05, 4.69) is 31.0 Å². The third-order valence-electron chi connectivity index (χ3n) is 3.93. The van der Waals surface area contributed by atoms with E-state index in [4.69, 9.17) is 16.3 Å². The maximum atomic E-state index is 6.29. The van der Waals surface area contributed by atoms with Gasteiger partial charge in [-0.05, 0) is 49.1 Å². The Morgan fingerprint density at radius 1 is 1.22 bits per heavy atom. The van der Waals surface area contributed by atoms with E-state index in [1.807, 2.05) is 42.6 Å². The van der Waals surface area contributed by atoms with Crippen LogP contribution in [0.15, 0.2) is 41.4 Å². The minimum Gasteiger partial charge on any atom is -0.497 e. The van der Waals surface area contributed by atoms with Crippen LogP contribution in [0.5, 0.6) is 5.75 Å². The Kier molecular flexibility index (Phi) is 6.05. The quantitative estimate of drug-likeness (QED) is 0.558. The van der Waals surface area contributed by atoms with E-state index >= 15 is 0 Å². The molecule has 0 saturated heterocycles. The molecule has 0 spiro atoms. The Labute approximate surface area is 143 Å². The molecule has 2 rings (SSSR count). The van der Waals surface area contributed by atoms with Crippen LogP contribution in [0.25, 0.3) is 0 Å². The topological polar surface area (TPSA) is 24.8 Å². The molecule has 2 aromatic carbocycles. The number of hydrogen-bond donors (Lipinski definition) is 0. The van der Waals surface area contributed by atoms with Crippen molar-refractivity contribution in [2.45, 2.75) is 20.3 Å². The van der Waals surface area contributed by atoms with Crippen molar-refractivity contribution >= 4 is 23.6 Å². The molecule has 0 radical (unpaired) electrons. The minimum atomic E-state index is 0.759. The number of halogens is 1. The summed E-state index contributed by atoms with van der Waals surface area (Å²) >= 11 is 6.29. The van der Waals surface area contributed by atoms with E-state index in [1.54, 1.807) is 7.11 Å². The van der Waals surface area contributed by atoms with Crippen LogP contribution in [-0.2, 0) is 6.42 Å². The molecule has 0 amide bonds. The number of benzene rings is 2. The maximum absolute atomic E-state index is 6.29. The average molecular weight is 331 g/mol. The van der Waals surface area contributed by atoms with Gasteiger partial charge >= 0.3 is 0 Å². The summed E-state index contributed by atoms with van der Waals surface area (Å²) in [6.45, 7) is 5.09. The molecule has 0 atom stereocenters. The Hall–Kier alpha value is -2.00. The van der Waals surface area contributed by atoms with Crippen LogP contribution in [-0.4, -0.2) is 31.9 Å². The Morgan fingerprint density at radius 3 is 2.61 bits per heavy atom. The first-order valence-corrected chi connectivity index (χ1v) is 8.08. The molecule has 0 aliphatic rings. The second kappa shape index (κ2) is 8.02. The smallest absolute Gasteiger partial charge is 0.121 e. The van der Waals surface area contributed by atoms with Gasteiger partial charge in [-0.25, -0.2) is 4.99 Å². The van der Waals surface area contributed by atoms with Gasteiger partial charge in [0.1, 0.15) is 5.75 Å². The highest BCUT2D eigenvalue weighted by Crippen LogP contribution is 2.31. The van der Waals surface area contributed by atoms with Crippen LogP contribution in [0.2, 0.25) is 5.02 Å². The second-order valence-corrected chi connectivity index (χ2v) is 5.92.